The Kier molecular flexibility index (Phi) is 5.50. The van der Waals surface area contributed by atoms with Gasteiger partial charge in [-0.25, -0.2) is 13.9 Å². The summed E-state index contributed by atoms with van der Waals surface area (Å²) in [7, 11) is 3.40. The van der Waals surface area contributed by atoms with E-state index in [0.29, 0.717) is 4.80 Å². The molecule has 0 spiro atoms. The fourth-order valence-corrected chi connectivity index (χ4v) is 4.12. The van der Waals surface area contributed by atoms with Gasteiger partial charge in [-0.3, -0.25) is 0 Å². The molecule has 2 atom stereocenters. The zero-order valence-electron chi connectivity index (χ0n) is 15.7. The van der Waals surface area contributed by atoms with Gasteiger partial charge in [0.25, 0.3) is 0 Å². The maximum absolute atomic E-state index is 5.68. The number of benzene rings is 2. The van der Waals surface area contributed by atoms with Gasteiger partial charge >= 0.3 is 0 Å². The fraction of sp³-hybridized carbons (Fsp3) is 0.182. The Morgan fingerprint density at radius 3 is 2.50 bits per heavy atom. The van der Waals surface area contributed by atoms with Crippen LogP contribution in [0.15, 0.2) is 83.9 Å². The molecule has 6 heteroatoms. The Balaban J connectivity index is 1.89. The van der Waals surface area contributed by atoms with Gasteiger partial charge in [0.1, 0.15) is 17.3 Å². The minimum absolute atomic E-state index is 0.0177. The normalized spacial score (nSPS) is 19.1. The third-order valence-electron chi connectivity index (χ3n) is 4.53. The number of methoxy groups -OCH3 is 2. The summed E-state index contributed by atoms with van der Waals surface area (Å²) in [5, 5.41) is 0. The van der Waals surface area contributed by atoms with Crippen molar-refractivity contribution in [3.8, 4) is 11.4 Å². The number of rotatable bonds is 5. The van der Waals surface area contributed by atoms with E-state index in [0.717, 1.165) is 22.9 Å². The largest absolute Gasteiger partial charge is 0.495 e. The summed E-state index contributed by atoms with van der Waals surface area (Å²) in [5.41, 5.74) is 1.81. The number of hydrogen-bond acceptors (Lipinski definition) is 5. The number of aromatic nitrogens is 2. The van der Waals surface area contributed by atoms with Crippen molar-refractivity contribution < 1.29 is 9.47 Å². The van der Waals surface area contributed by atoms with E-state index in [4.69, 9.17) is 19.5 Å². The fourth-order valence-electron chi connectivity index (χ4n) is 3.18. The average molecular weight is 391 g/mol. The highest BCUT2D eigenvalue weighted by molar-refractivity contribution is 7.04. The van der Waals surface area contributed by atoms with Gasteiger partial charge < -0.3 is 9.47 Å². The zero-order valence-corrected chi connectivity index (χ0v) is 16.5. The molecule has 1 aliphatic rings. The van der Waals surface area contributed by atoms with Crippen molar-refractivity contribution in [1.82, 2.24) is 8.94 Å². The van der Waals surface area contributed by atoms with Crippen LogP contribution in [0, 0.1) is 0 Å². The van der Waals surface area contributed by atoms with Crippen LogP contribution < -0.4 is 9.54 Å². The molecule has 0 amide bonds. The Morgan fingerprint density at radius 1 is 0.964 bits per heavy atom. The number of nitrogens with zero attached hydrogens (tertiary/aromatic N) is 3. The summed E-state index contributed by atoms with van der Waals surface area (Å²) in [4.78, 5) is 10.3. The molecule has 5 nitrogen and oxygen atoms in total. The van der Waals surface area contributed by atoms with E-state index in [2.05, 4.69) is 10.0 Å². The molecule has 1 aliphatic carbocycles. The SMILES string of the molecule is COc1ccccc1-n1s/c(=N\c2ccccc2)nc1C1C=CC=CC1OC. The van der Waals surface area contributed by atoms with E-state index in [1.165, 1.54) is 11.5 Å². The maximum Gasteiger partial charge on any atom is 0.228 e. The Labute approximate surface area is 168 Å². The smallest absolute Gasteiger partial charge is 0.228 e. The molecular weight excluding hydrogens is 370 g/mol. The standard InChI is InChI=1S/C22H21N3O2S/c1-26-19-14-8-6-12-17(19)21-24-22(23-16-10-4-3-5-11-16)28-25(21)18-13-7-9-15-20(18)27-2/h3-15,17,19H,1-2H3/b23-22-. The second-order valence-electron chi connectivity index (χ2n) is 6.25. The van der Waals surface area contributed by atoms with Gasteiger partial charge in [0, 0.05) is 7.11 Å². The highest BCUT2D eigenvalue weighted by Gasteiger charge is 2.27. The predicted molar refractivity (Wildman–Crippen MR) is 111 cm³/mol. The molecule has 28 heavy (non-hydrogen) atoms. The van der Waals surface area contributed by atoms with Gasteiger partial charge in [0.2, 0.25) is 4.80 Å². The van der Waals surface area contributed by atoms with Crippen molar-refractivity contribution in [2.75, 3.05) is 14.2 Å². The van der Waals surface area contributed by atoms with Gasteiger partial charge in [-0.05, 0) is 35.8 Å². The highest BCUT2D eigenvalue weighted by Crippen LogP contribution is 2.31. The van der Waals surface area contributed by atoms with Crippen molar-refractivity contribution in [2.45, 2.75) is 12.0 Å². The number of hydrogen-bond donors (Lipinski definition) is 0. The molecule has 142 valence electrons. The summed E-state index contributed by atoms with van der Waals surface area (Å²) >= 11 is 1.49. The van der Waals surface area contributed by atoms with E-state index >= 15 is 0 Å². The lowest BCUT2D eigenvalue weighted by atomic mass is 9.96. The van der Waals surface area contributed by atoms with Gasteiger partial charge in [0.15, 0.2) is 0 Å². The van der Waals surface area contributed by atoms with Crippen molar-refractivity contribution in [3.63, 3.8) is 0 Å². The third kappa shape index (κ3) is 3.69. The summed E-state index contributed by atoms with van der Waals surface area (Å²) in [5.74, 6) is 1.64. The molecule has 3 aromatic rings. The maximum atomic E-state index is 5.68. The van der Waals surface area contributed by atoms with Gasteiger partial charge in [0.05, 0.1) is 24.8 Å². The Morgan fingerprint density at radius 2 is 1.71 bits per heavy atom. The lowest BCUT2D eigenvalue weighted by Gasteiger charge is -2.23. The van der Waals surface area contributed by atoms with Crippen LogP contribution >= 0.6 is 11.5 Å². The van der Waals surface area contributed by atoms with Crippen LogP contribution in [0.1, 0.15) is 11.7 Å². The van der Waals surface area contributed by atoms with Crippen molar-refractivity contribution in [1.29, 1.82) is 0 Å². The molecule has 0 radical (unpaired) electrons. The molecule has 2 aromatic carbocycles. The quantitative estimate of drug-likeness (QED) is 0.648. The summed E-state index contributed by atoms with van der Waals surface area (Å²) in [6.45, 7) is 0. The number of allylic oxidation sites excluding steroid dienone is 2. The lowest BCUT2D eigenvalue weighted by Crippen LogP contribution is -2.22. The first-order chi connectivity index (χ1) is 13.8. The molecule has 2 unspecified atom stereocenters. The molecule has 4 rings (SSSR count). The summed E-state index contributed by atoms with van der Waals surface area (Å²) in [6.07, 6.45) is 8.10. The summed E-state index contributed by atoms with van der Waals surface area (Å²) in [6, 6.07) is 17.8. The molecule has 0 saturated carbocycles. The minimum atomic E-state index is -0.0855. The second kappa shape index (κ2) is 8.37. The van der Waals surface area contributed by atoms with E-state index in [1.54, 1.807) is 14.2 Å². The molecule has 0 aliphatic heterocycles. The van der Waals surface area contributed by atoms with Crippen molar-refractivity contribution in [3.05, 3.63) is 89.5 Å². The molecule has 1 aromatic heterocycles. The molecule has 0 saturated heterocycles. The minimum Gasteiger partial charge on any atom is -0.495 e. The predicted octanol–water partition coefficient (Wildman–Crippen LogP) is 4.40. The Hall–Kier alpha value is -2.96. The second-order valence-corrected chi connectivity index (χ2v) is 7.17. The lowest BCUT2D eigenvalue weighted by molar-refractivity contribution is 0.126. The highest BCUT2D eigenvalue weighted by atomic mass is 32.1. The van der Waals surface area contributed by atoms with Crippen LogP contribution in [0.25, 0.3) is 5.69 Å². The molecular formula is C22H21N3O2S. The first kappa shape index (κ1) is 18.4. The van der Waals surface area contributed by atoms with E-state index in [-0.39, 0.29) is 12.0 Å². The van der Waals surface area contributed by atoms with Crippen LogP contribution in [0.5, 0.6) is 5.75 Å². The topological polar surface area (TPSA) is 48.6 Å². The monoisotopic (exact) mass is 391 g/mol. The van der Waals surface area contributed by atoms with E-state index < -0.39 is 0 Å². The Bertz CT molecular complexity index is 1070. The first-order valence-corrected chi connectivity index (χ1v) is 9.78. The number of para-hydroxylation sites is 3. The van der Waals surface area contributed by atoms with Crippen LogP contribution in [0.4, 0.5) is 5.69 Å². The van der Waals surface area contributed by atoms with Crippen LogP contribution in [-0.2, 0) is 4.74 Å². The van der Waals surface area contributed by atoms with Gasteiger partial charge in [-0.15, -0.1) is 0 Å². The average Bonchev–Trinajstić information content (AvgIpc) is 3.17. The molecule has 0 bridgehead atoms. The van der Waals surface area contributed by atoms with Crippen LogP contribution in [-0.4, -0.2) is 29.3 Å². The van der Waals surface area contributed by atoms with E-state index in [1.807, 2.05) is 72.8 Å². The third-order valence-corrected chi connectivity index (χ3v) is 5.44. The first-order valence-electron chi connectivity index (χ1n) is 9.01. The van der Waals surface area contributed by atoms with Crippen molar-refractivity contribution >= 4 is 17.2 Å². The number of ether oxygens (including phenoxy) is 2. The van der Waals surface area contributed by atoms with Crippen molar-refractivity contribution in [2.24, 2.45) is 4.99 Å². The molecule has 1 heterocycles. The summed E-state index contributed by atoms with van der Waals surface area (Å²) < 4.78 is 13.4. The molecule has 0 N–H and O–H groups in total. The van der Waals surface area contributed by atoms with Crippen LogP contribution in [0.3, 0.4) is 0 Å². The van der Waals surface area contributed by atoms with Gasteiger partial charge in [-0.2, -0.15) is 0 Å². The zero-order chi connectivity index (χ0) is 19.3. The van der Waals surface area contributed by atoms with E-state index in [9.17, 15) is 0 Å². The van der Waals surface area contributed by atoms with Crippen LogP contribution in [0.2, 0.25) is 0 Å². The van der Waals surface area contributed by atoms with Gasteiger partial charge in [-0.1, -0.05) is 54.6 Å². The molecule has 0 fully saturated rings.